The lowest BCUT2D eigenvalue weighted by Gasteiger charge is -2.13. The maximum absolute atomic E-state index is 6.10. The molecule has 0 saturated heterocycles. The Balaban J connectivity index is 2.07. The van der Waals surface area contributed by atoms with Crippen LogP contribution in [0.15, 0.2) is 41.0 Å². The number of ether oxygens (including phenoxy) is 1. The van der Waals surface area contributed by atoms with Crippen molar-refractivity contribution in [2.45, 2.75) is 26.3 Å². The van der Waals surface area contributed by atoms with Crippen molar-refractivity contribution in [1.29, 1.82) is 0 Å². The first-order chi connectivity index (χ1) is 10.1. The molecular formula is C16H18BrClN2O. The van der Waals surface area contributed by atoms with Gasteiger partial charge in [-0.15, -0.1) is 0 Å². The van der Waals surface area contributed by atoms with Crippen molar-refractivity contribution in [3.63, 3.8) is 0 Å². The van der Waals surface area contributed by atoms with Crippen LogP contribution in [0, 0.1) is 0 Å². The highest BCUT2D eigenvalue weighted by atomic mass is 79.9. The first-order valence-electron chi connectivity index (χ1n) is 6.92. The molecule has 1 heterocycles. The summed E-state index contributed by atoms with van der Waals surface area (Å²) in [6.45, 7) is 5.27. The molecular weight excluding hydrogens is 352 g/mol. The smallest absolute Gasteiger partial charge is 0.219 e. The Kier molecular flexibility index (Phi) is 6.03. The van der Waals surface area contributed by atoms with Gasteiger partial charge in [-0.05, 0) is 43.7 Å². The SMILES string of the molecule is CCCNC(C)c1ccc(Oc2cc(Br)ccc2Cl)nc1. The number of hydrogen-bond donors (Lipinski definition) is 1. The van der Waals surface area contributed by atoms with Crippen molar-refractivity contribution in [2.75, 3.05) is 6.54 Å². The summed E-state index contributed by atoms with van der Waals surface area (Å²) in [5.41, 5.74) is 1.14. The Hall–Kier alpha value is -1.10. The van der Waals surface area contributed by atoms with Gasteiger partial charge in [0.2, 0.25) is 5.88 Å². The van der Waals surface area contributed by atoms with E-state index in [1.807, 2.05) is 30.5 Å². The topological polar surface area (TPSA) is 34.1 Å². The fraction of sp³-hybridized carbons (Fsp3) is 0.312. The first kappa shape index (κ1) is 16.3. The summed E-state index contributed by atoms with van der Waals surface area (Å²) in [5, 5.41) is 3.98. The number of aromatic nitrogens is 1. The Bertz CT molecular complexity index is 589. The van der Waals surface area contributed by atoms with Gasteiger partial charge in [0, 0.05) is 22.8 Å². The largest absolute Gasteiger partial charge is 0.437 e. The Morgan fingerprint density at radius 1 is 1.33 bits per heavy atom. The molecule has 0 aliphatic carbocycles. The van der Waals surface area contributed by atoms with Crippen molar-refractivity contribution in [2.24, 2.45) is 0 Å². The molecule has 1 aromatic carbocycles. The summed E-state index contributed by atoms with van der Waals surface area (Å²) in [6, 6.07) is 9.63. The molecule has 1 N–H and O–H groups in total. The summed E-state index contributed by atoms with van der Waals surface area (Å²) in [4.78, 5) is 4.34. The number of benzene rings is 1. The number of nitrogens with zero attached hydrogens (tertiary/aromatic N) is 1. The molecule has 1 aromatic heterocycles. The van der Waals surface area contributed by atoms with E-state index in [1.54, 1.807) is 6.07 Å². The van der Waals surface area contributed by atoms with Crippen LogP contribution in [0.2, 0.25) is 5.02 Å². The van der Waals surface area contributed by atoms with E-state index in [2.05, 4.69) is 40.1 Å². The van der Waals surface area contributed by atoms with Crippen LogP contribution in [0.1, 0.15) is 31.9 Å². The van der Waals surface area contributed by atoms with Crippen LogP contribution in [0.5, 0.6) is 11.6 Å². The molecule has 0 amide bonds. The van der Waals surface area contributed by atoms with Crippen LogP contribution < -0.4 is 10.1 Å². The van der Waals surface area contributed by atoms with Gasteiger partial charge in [-0.1, -0.05) is 40.5 Å². The van der Waals surface area contributed by atoms with Crippen molar-refractivity contribution in [3.8, 4) is 11.6 Å². The molecule has 21 heavy (non-hydrogen) atoms. The maximum Gasteiger partial charge on any atom is 0.219 e. The molecule has 0 aliphatic rings. The summed E-state index contributed by atoms with van der Waals surface area (Å²) in [5.74, 6) is 1.12. The van der Waals surface area contributed by atoms with E-state index >= 15 is 0 Å². The van der Waals surface area contributed by atoms with E-state index in [9.17, 15) is 0 Å². The highest BCUT2D eigenvalue weighted by Crippen LogP contribution is 2.31. The van der Waals surface area contributed by atoms with Crippen molar-refractivity contribution >= 4 is 27.5 Å². The minimum atomic E-state index is 0.279. The number of rotatable bonds is 6. The van der Waals surface area contributed by atoms with Crippen LogP contribution in [0.4, 0.5) is 0 Å². The van der Waals surface area contributed by atoms with E-state index in [4.69, 9.17) is 16.3 Å². The summed E-state index contributed by atoms with van der Waals surface area (Å²) < 4.78 is 6.63. The van der Waals surface area contributed by atoms with Gasteiger partial charge in [0.1, 0.15) is 5.75 Å². The van der Waals surface area contributed by atoms with Crippen molar-refractivity contribution < 1.29 is 4.74 Å². The molecule has 5 heteroatoms. The second-order valence-corrected chi connectivity index (χ2v) is 6.11. The lowest BCUT2D eigenvalue weighted by atomic mass is 10.1. The zero-order chi connectivity index (χ0) is 15.2. The van der Waals surface area contributed by atoms with Gasteiger partial charge >= 0.3 is 0 Å². The van der Waals surface area contributed by atoms with Crippen LogP contribution in [0.3, 0.4) is 0 Å². The fourth-order valence-corrected chi connectivity index (χ4v) is 2.35. The zero-order valence-corrected chi connectivity index (χ0v) is 14.4. The van der Waals surface area contributed by atoms with E-state index in [-0.39, 0.29) is 6.04 Å². The summed E-state index contributed by atoms with van der Waals surface area (Å²) >= 11 is 9.50. The molecule has 0 radical (unpaired) electrons. The van der Waals surface area contributed by atoms with Crippen LogP contribution in [0.25, 0.3) is 0 Å². The minimum Gasteiger partial charge on any atom is -0.437 e. The Labute approximate surface area is 138 Å². The molecule has 3 nitrogen and oxygen atoms in total. The molecule has 0 saturated carbocycles. The monoisotopic (exact) mass is 368 g/mol. The third kappa shape index (κ3) is 4.70. The second kappa shape index (κ2) is 7.78. The van der Waals surface area contributed by atoms with E-state index < -0.39 is 0 Å². The molecule has 1 atom stereocenters. The van der Waals surface area contributed by atoms with Gasteiger partial charge in [-0.25, -0.2) is 4.98 Å². The Morgan fingerprint density at radius 3 is 2.81 bits per heavy atom. The van der Waals surface area contributed by atoms with E-state index in [0.29, 0.717) is 16.7 Å². The molecule has 0 bridgehead atoms. The van der Waals surface area contributed by atoms with E-state index in [1.165, 1.54) is 0 Å². The molecule has 112 valence electrons. The highest BCUT2D eigenvalue weighted by molar-refractivity contribution is 9.10. The molecule has 0 spiro atoms. The lowest BCUT2D eigenvalue weighted by molar-refractivity contribution is 0.461. The molecule has 1 unspecified atom stereocenters. The predicted octanol–water partition coefficient (Wildman–Crippen LogP) is 5.35. The van der Waals surface area contributed by atoms with Crippen LogP contribution in [-0.4, -0.2) is 11.5 Å². The predicted molar refractivity (Wildman–Crippen MR) is 90.2 cm³/mol. The minimum absolute atomic E-state index is 0.279. The molecule has 0 fully saturated rings. The van der Waals surface area contributed by atoms with Gasteiger partial charge in [-0.2, -0.15) is 0 Å². The third-order valence-corrected chi connectivity index (χ3v) is 3.87. The van der Waals surface area contributed by atoms with Crippen molar-refractivity contribution in [3.05, 3.63) is 51.6 Å². The number of hydrogen-bond acceptors (Lipinski definition) is 3. The van der Waals surface area contributed by atoms with Crippen LogP contribution in [-0.2, 0) is 0 Å². The van der Waals surface area contributed by atoms with Crippen molar-refractivity contribution in [1.82, 2.24) is 10.3 Å². The number of nitrogens with one attached hydrogen (secondary N) is 1. The normalized spacial score (nSPS) is 12.2. The second-order valence-electron chi connectivity index (χ2n) is 4.78. The number of pyridine rings is 1. The average Bonchev–Trinajstić information content (AvgIpc) is 2.49. The average molecular weight is 370 g/mol. The summed E-state index contributed by atoms with van der Waals surface area (Å²) in [7, 11) is 0. The van der Waals surface area contributed by atoms with Gasteiger partial charge in [0.25, 0.3) is 0 Å². The Morgan fingerprint density at radius 2 is 2.14 bits per heavy atom. The van der Waals surface area contributed by atoms with Gasteiger partial charge in [-0.3, -0.25) is 0 Å². The highest BCUT2D eigenvalue weighted by Gasteiger charge is 2.07. The quantitative estimate of drug-likeness (QED) is 0.745. The first-order valence-corrected chi connectivity index (χ1v) is 8.09. The van der Waals surface area contributed by atoms with Gasteiger partial charge in [0.15, 0.2) is 0 Å². The fourth-order valence-electron chi connectivity index (χ4n) is 1.86. The molecule has 2 aromatic rings. The standard InChI is InChI=1S/C16H18BrClN2O/c1-3-8-19-11(2)12-4-7-16(20-10-12)21-15-9-13(17)5-6-14(15)18/h4-7,9-11,19H,3,8H2,1-2H3. The van der Waals surface area contributed by atoms with Crippen LogP contribution >= 0.6 is 27.5 Å². The molecule has 0 aliphatic heterocycles. The van der Waals surface area contributed by atoms with E-state index in [0.717, 1.165) is 23.0 Å². The molecule has 2 rings (SSSR count). The van der Waals surface area contributed by atoms with Gasteiger partial charge < -0.3 is 10.1 Å². The summed E-state index contributed by atoms with van der Waals surface area (Å²) in [6.07, 6.45) is 2.94. The zero-order valence-electron chi connectivity index (χ0n) is 12.1. The maximum atomic E-state index is 6.10. The lowest BCUT2D eigenvalue weighted by Crippen LogP contribution is -2.19. The number of halogens is 2. The third-order valence-electron chi connectivity index (χ3n) is 3.07. The van der Waals surface area contributed by atoms with Gasteiger partial charge in [0.05, 0.1) is 5.02 Å².